The predicted molar refractivity (Wildman–Crippen MR) is 122 cm³/mol. The van der Waals surface area contributed by atoms with E-state index in [1.165, 1.54) is 6.07 Å². The van der Waals surface area contributed by atoms with Crippen molar-refractivity contribution in [3.8, 4) is 5.75 Å². The number of sulfonamides is 1. The molecule has 3 aromatic rings. The third kappa shape index (κ3) is 4.73. The molecular weight excluding hydrogens is 434 g/mol. The first kappa shape index (κ1) is 21.4. The van der Waals surface area contributed by atoms with E-state index in [2.05, 4.69) is 0 Å². The SMILES string of the molecule is COc1ccc(N(CC(=O)N2CCc3cc(S(N)(=O)=O)ccc32)Cc2cccs2)cc1. The Morgan fingerprint density at radius 3 is 2.61 bits per heavy atom. The maximum Gasteiger partial charge on any atom is 0.246 e. The van der Waals surface area contributed by atoms with Crippen molar-refractivity contribution in [1.82, 2.24) is 0 Å². The molecular formula is C22H23N3O4S2. The average Bonchev–Trinajstić information content (AvgIpc) is 3.42. The smallest absolute Gasteiger partial charge is 0.246 e. The van der Waals surface area contributed by atoms with Crippen molar-refractivity contribution < 1.29 is 17.9 Å². The molecule has 162 valence electrons. The molecule has 7 nitrogen and oxygen atoms in total. The first-order valence-corrected chi connectivity index (χ1v) is 12.2. The molecule has 0 radical (unpaired) electrons. The van der Waals surface area contributed by atoms with Gasteiger partial charge in [0.2, 0.25) is 15.9 Å². The van der Waals surface area contributed by atoms with Crippen molar-refractivity contribution in [2.75, 3.05) is 30.0 Å². The molecule has 2 N–H and O–H groups in total. The van der Waals surface area contributed by atoms with Crippen LogP contribution < -0.4 is 19.7 Å². The highest BCUT2D eigenvalue weighted by Gasteiger charge is 2.27. The van der Waals surface area contributed by atoms with Crippen molar-refractivity contribution in [2.24, 2.45) is 5.14 Å². The molecule has 0 atom stereocenters. The summed E-state index contributed by atoms with van der Waals surface area (Å²) in [7, 11) is -2.15. The fourth-order valence-electron chi connectivity index (χ4n) is 3.68. The van der Waals surface area contributed by atoms with Gasteiger partial charge in [-0.15, -0.1) is 11.3 Å². The number of primary sulfonamides is 1. The Balaban J connectivity index is 1.57. The predicted octanol–water partition coefficient (Wildman–Crippen LogP) is 3.00. The van der Waals surface area contributed by atoms with Gasteiger partial charge in [-0.05, 0) is 65.9 Å². The quantitative estimate of drug-likeness (QED) is 0.589. The Labute approximate surface area is 185 Å². The summed E-state index contributed by atoms with van der Waals surface area (Å²) in [4.78, 5) is 18.2. The van der Waals surface area contributed by atoms with E-state index in [0.29, 0.717) is 19.5 Å². The van der Waals surface area contributed by atoms with E-state index in [1.807, 2.05) is 46.7 Å². The summed E-state index contributed by atoms with van der Waals surface area (Å²) in [5.41, 5.74) is 2.48. The minimum absolute atomic E-state index is 0.0468. The van der Waals surface area contributed by atoms with Gasteiger partial charge in [-0.2, -0.15) is 0 Å². The molecule has 0 fully saturated rings. The van der Waals surface area contributed by atoms with Crippen molar-refractivity contribution in [3.05, 3.63) is 70.4 Å². The van der Waals surface area contributed by atoms with Crippen LogP contribution in [0.4, 0.5) is 11.4 Å². The lowest BCUT2D eigenvalue weighted by Crippen LogP contribution is -2.39. The minimum atomic E-state index is -3.77. The number of carbonyl (C=O) groups excluding carboxylic acids is 1. The van der Waals surface area contributed by atoms with E-state index in [9.17, 15) is 13.2 Å². The first-order valence-electron chi connectivity index (χ1n) is 9.72. The Bertz CT molecular complexity index is 1180. The largest absolute Gasteiger partial charge is 0.497 e. The summed E-state index contributed by atoms with van der Waals surface area (Å²) in [6.07, 6.45) is 0.595. The summed E-state index contributed by atoms with van der Waals surface area (Å²) in [5, 5.41) is 7.25. The van der Waals surface area contributed by atoms with Crippen LogP contribution in [0.15, 0.2) is 64.9 Å². The number of fused-ring (bicyclic) bond motifs is 1. The highest BCUT2D eigenvalue weighted by atomic mass is 32.2. The lowest BCUT2D eigenvalue weighted by atomic mass is 10.2. The molecule has 4 rings (SSSR count). The van der Waals surface area contributed by atoms with Gasteiger partial charge in [-0.25, -0.2) is 13.6 Å². The van der Waals surface area contributed by atoms with Crippen LogP contribution in [-0.4, -0.2) is 34.5 Å². The summed E-state index contributed by atoms with van der Waals surface area (Å²) in [6, 6.07) is 16.3. The number of anilines is 2. The summed E-state index contributed by atoms with van der Waals surface area (Å²) >= 11 is 1.65. The lowest BCUT2D eigenvalue weighted by molar-refractivity contribution is -0.117. The fraction of sp³-hybridized carbons (Fsp3) is 0.227. The highest BCUT2D eigenvalue weighted by Crippen LogP contribution is 2.31. The number of hydrogen-bond donors (Lipinski definition) is 1. The van der Waals surface area contributed by atoms with E-state index in [1.54, 1.807) is 35.5 Å². The van der Waals surface area contributed by atoms with Crippen LogP contribution in [0, 0.1) is 0 Å². The second-order valence-electron chi connectivity index (χ2n) is 7.26. The second-order valence-corrected chi connectivity index (χ2v) is 9.86. The monoisotopic (exact) mass is 457 g/mol. The van der Waals surface area contributed by atoms with E-state index >= 15 is 0 Å². The van der Waals surface area contributed by atoms with Crippen molar-refractivity contribution >= 4 is 38.6 Å². The van der Waals surface area contributed by atoms with Crippen LogP contribution in [0.1, 0.15) is 10.4 Å². The third-order valence-electron chi connectivity index (χ3n) is 5.27. The van der Waals surface area contributed by atoms with Gasteiger partial charge in [0.1, 0.15) is 5.75 Å². The summed E-state index contributed by atoms with van der Waals surface area (Å²) in [5.74, 6) is 0.708. The number of benzene rings is 2. The molecule has 31 heavy (non-hydrogen) atoms. The topological polar surface area (TPSA) is 92.9 Å². The maximum absolute atomic E-state index is 13.2. The van der Waals surface area contributed by atoms with Crippen LogP contribution in [0.3, 0.4) is 0 Å². The Kier molecular flexibility index (Phi) is 5.99. The number of carbonyl (C=O) groups is 1. The van der Waals surface area contributed by atoms with Gasteiger partial charge in [0.25, 0.3) is 0 Å². The van der Waals surface area contributed by atoms with E-state index in [-0.39, 0.29) is 17.3 Å². The molecule has 9 heteroatoms. The van der Waals surface area contributed by atoms with Gasteiger partial charge in [0, 0.05) is 22.8 Å². The fourth-order valence-corrected chi connectivity index (χ4v) is 4.97. The molecule has 1 aromatic heterocycles. The standard InChI is InChI=1S/C22H23N3O4S2/c1-29-18-6-4-17(5-7-18)24(14-19-3-2-12-30-19)15-22(26)25-11-10-16-13-20(31(23,27)28)8-9-21(16)25/h2-9,12-13H,10-11,14-15H2,1H3,(H2,23,27,28). The van der Waals surface area contributed by atoms with E-state index in [0.717, 1.165) is 27.6 Å². The van der Waals surface area contributed by atoms with Crippen LogP contribution in [0.5, 0.6) is 5.75 Å². The van der Waals surface area contributed by atoms with Crippen LogP contribution in [0.25, 0.3) is 0 Å². The molecule has 0 aliphatic carbocycles. The number of rotatable bonds is 7. The number of nitrogens with zero attached hydrogens (tertiary/aromatic N) is 2. The number of methoxy groups -OCH3 is 1. The van der Waals surface area contributed by atoms with Gasteiger partial charge in [-0.3, -0.25) is 4.79 Å². The Hall–Kier alpha value is -2.88. The Morgan fingerprint density at radius 2 is 1.97 bits per heavy atom. The molecule has 1 aliphatic heterocycles. The van der Waals surface area contributed by atoms with Gasteiger partial charge in [0.05, 0.1) is 25.1 Å². The van der Waals surface area contributed by atoms with Gasteiger partial charge in [-0.1, -0.05) is 6.07 Å². The van der Waals surface area contributed by atoms with Gasteiger partial charge < -0.3 is 14.5 Å². The maximum atomic E-state index is 13.2. The van der Waals surface area contributed by atoms with Gasteiger partial charge in [0.15, 0.2) is 0 Å². The zero-order valence-electron chi connectivity index (χ0n) is 17.0. The molecule has 1 amide bonds. The zero-order chi connectivity index (χ0) is 22.0. The summed E-state index contributed by atoms with van der Waals surface area (Å²) < 4.78 is 28.5. The summed E-state index contributed by atoms with van der Waals surface area (Å²) in [6.45, 7) is 1.32. The number of thiophene rings is 1. The van der Waals surface area contributed by atoms with Crippen molar-refractivity contribution in [2.45, 2.75) is 17.9 Å². The normalized spacial score (nSPS) is 13.2. The number of amides is 1. The molecule has 0 spiro atoms. The number of ether oxygens (including phenoxy) is 1. The minimum Gasteiger partial charge on any atom is -0.497 e. The third-order valence-corrected chi connectivity index (χ3v) is 7.04. The molecule has 2 aromatic carbocycles. The molecule has 2 heterocycles. The molecule has 0 bridgehead atoms. The van der Waals surface area contributed by atoms with Crippen LogP contribution in [0.2, 0.25) is 0 Å². The molecule has 0 unspecified atom stereocenters. The lowest BCUT2D eigenvalue weighted by Gasteiger charge is -2.27. The number of hydrogen-bond acceptors (Lipinski definition) is 6. The van der Waals surface area contributed by atoms with Crippen molar-refractivity contribution in [3.63, 3.8) is 0 Å². The van der Waals surface area contributed by atoms with Crippen LogP contribution in [-0.2, 0) is 27.8 Å². The van der Waals surface area contributed by atoms with E-state index in [4.69, 9.17) is 9.88 Å². The van der Waals surface area contributed by atoms with E-state index < -0.39 is 10.0 Å². The first-order chi connectivity index (χ1) is 14.8. The Morgan fingerprint density at radius 1 is 1.19 bits per heavy atom. The van der Waals surface area contributed by atoms with Crippen molar-refractivity contribution in [1.29, 1.82) is 0 Å². The van der Waals surface area contributed by atoms with Crippen LogP contribution >= 0.6 is 11.3 Å². The highest BCUT2D eigenvalue weighted by molar-refractivity contribution is 7.89. The second kappa shape index (κ2) is 8.70. The zero-order valence-corrected chi connectivity index (χ0v) is 18.7. The average molecular weight is 458 g/mol. The molecule has 0 saturated carbocycles. The molecule has 1 aliphatic rings. The van der Waals surface area contributed by atoms with Gasteiger partial charge >= 0.3 is 0 Å². The number of nitrogens with two attached hydrogens (primary N) is 1. The molecule has 0 saturated heterocycles.